The van der Waals surface area contributed by atoms with Crippen molar-refractivity contribution in [2.75, 3.05) is 0 Å². The van der Waals surface area contributed by atoms with Crippen LogP contribution in [0.4, 0.5) is 5.69 Å². The molecule has 0 bridgehead atoms. The smallest absolute Gasteiger partial charge is 0.192 e. The fraction of sp³-hybridized carbons (Fsp3) is 0.259. The van der Waals surface area contributed by atoms with Crippen LogP contribution in [0.1, 0.15) is 37.6 Å². The Labute approximate surface area is 202 Å². The molecule has 0 N–H and O–H groups in total. The zero-order valence-electron chi connectivity index (χ0n) is 19.8. The van der Waals surface area contributed by atoms with Crippen molar-refractivity contribution in [2.24, 2.45) is 4.99 Å². The molecular formula is C27H30ClN3OSi. The van der Waals surface area contributed by atoms with Gasteiger partial charge in [-0.2, -0.15) is 0 Å². The summed E-state index contributed by atoms with van der Waals surface area (Å²) in [6.45, 7) is 11.7. The number of rotatable bonds is 6. The Morgan fingerprint density at radius 3 is 2.09 bits per heavy atom. The summed E-state index contributed by atoms with van der Waals surface area (Å²) in [5, 5.41) is 0.751. The molecule has 33 heavy (non-hydrogen) atoms. The second-order valence-corrected chi connectivity index (χ2v) is 15.0. The normalized spacial score (nSPS) is 12.2. The van der Waals surface area contributed by atoms with Gasteiger partial charge in [-0.1, -0.05) is 93.0 Å². The number of imidazole rings is 1. The number of fused-ring (bicyclic) bond motifs is 1. The summed E-state index contributed by atoms with van der Waals surface area (Å²) in [4.78, 5) is 9.94. The largest absolute Gasteiger partial charge is 0.411 e. The molecule has 0 saturated carbocycles. The maximum Gasteiger partial charge on any atom is 0.192 e. The number of hydrogen-bond acceptors (Lipinski definition) is 3. The number of hydrogen-bond donors (Lipinski definition) is 0. The molecule has 0 amide bonds. The topological polar surface area (TPSA) is 38.9 Å². The van der Waals surface area contributed by atoms with E-state index < -0.39 is 8.32 Å². The van der Waals surface area contributed by atoms with Gasteiger partial charge in [0, 0.05) is 23.5 Å². The lowest BCUT2D eigenvalue weighted by atomic mass is 10.0. The minimum atomic E-state index is -1.88. The van der Waals surface area contributed by atoms with Crippen molar-refractivity contribution < 1.29 is 4.43 Å². The van der Waals surface area contributed by atoms with E-state index in [9.17, 15) is 0 Å². The first-order valence-corrected chi connectivity index (χ1v) is 14.4. The van der Waals surface area contributed by atoms with E-state index >= 15 is 0 Å². The first kappa shape index (κ1) is 23.4. The molecule has 4 rings (SSSR count). The predicted molar refractivity (Wildman–Crippen MR) is 140 cm³/mol. The molecule has 2 heterocycles. The summed E-state index contributed by atoms with van der Waals surface area (Å²) in [7, 11) is -1.88. The maximum atomic E-state index is 6.48. The Balaban J connectivity index is 1.77. The summed E-state index contributed by atoms with van der Waals surface area (Å²) < 4.78 is 8.34. The molecule has 4 aromatic rings. The lowest BCUT2D eigenvalue weighted by molar-refractivity contribution is 0.272. The van der Waals surface area contributed by atoms with Crippen molar-refractivity contribution in [3.63, 3.8) is 0 Å². The second-order valence-electron chi connectivity index (χ2n) is 9.75. The van der Waals surface area contributed by atoms with Crippen LogP contribution < -0.4 is 0 Å². The van der Waals surface area contributed by atoms with Crippen molar-refractivity contribution in [2.45, 2.75) is 45.5 Å². The van der Waals surface area contributed by atoms with Crippen LogP contribution in [0.3, 0.4) is 0 Å². The van der Waals surface area contributed by atoms with Gasteiger partial charge in [0.05, 0.1) is 23.0 Å². The highest BCUT2D eigenvalue weighted by atomic mass is 35.5. The Morgan fingerprint density at radius 2 is 1.55 bits per heavy atom. The van der Waals surface area contributed by atoms with E-state index in [1.165, 1.54) is 0 Å². The second kappa shape index (κ2) is 9.25. The average molecular weight is 476 g/mol. The molecule has 0 aliphatic heterocycles. The van der Waals surface area contributed by atoms with E-state index in [-0.39, 0.29) is 5.04 Å². The van der Waals surface area contributed by atoms with Crippen LogP contribution in [0.5, 0.6) is 0 Å². The van der Waals surface area contributed by atoms with E-state index in [1.807, 2.05) is 59.3 Å². The lowest BCUT2D eigenvalue weighted by Gasteiger charge is -2.35. The van der Waals surface area contributed by atoms with E-state index in [1.54, 1.807) is 0 Å². The van der Waals surface area contributed by atoms with Crippen molar-refractivity contribution in [3.05, 3.63) is 101 Å². The maximum absolute atomic E-state index is 6.48. The first-order chi connectivity index (χ1) is 15.6. The van der Waals surface area contributed by atoms with E-state index in [0.717, 1.165) is 33.9 Å². The van der Waals surface area contributed by atoms with Crippen molar-refractivity contribution in [1.29, 1.82) is 0 Å². The molecule has 170 valence electrons. The quantitative estimate of drug-likeness (QED) is 0.212. The molecular weight excluding hydrogens is 446 g/mol. The predicted octanol–water partition coefficient (Wildman–Crippen LogP) is 7.68. The van der Waals surface area contributed by atoms with Crippen LogP contribution in [-0.4, -0.2) is 23.4 Å². The monoisotopic (exact) mass is 475 g/mol. The van der Waals surface area contributed by atoms with Gasteiger partial charge in [0.15, 0.2) is 14.0 Å². The van der Waals surface area contributed by atoms with Crippen molar-refractivity contribution in [1.82, 2.24) is 9.38 Å². The highest BCUT2D eigenvalue weighted by Gasteiger charge is 2.37. The van der Waals surface area contributed by atoms with Crippen LogP contribution in [-0.2, 0) is 11.0 Å². The van der Waals surface area contributed by atoms with Gasteiger partial charge in [-0.3, -0.25) is 0 Å². The molecule has 0 aliphatic carbocycles. The SMILES string of the molecule is CC(C)(C)[Si](C)(C)OCc1cn2cc(Cl)cc(N=C(c3ccccc3)c3ccccc3)c2n1. The van der Waals surface area contributed by atoms with Gasteiger partial charge in [-0.25, -0.2) is 9.98 Å². The van der Waals surface area contributed by atoms with Gasteiger partial charge >= 0.3 is 0 Å². The third-order valence-electron chi connectivity index (χ3n) is 6.26. The number of aromatic nitrogens is 2. The number of benzene rings is 2. The molecule has 2 aromatic carbocycles. The van der Waals surface area contributed by atoms with E-state index in [4.69, 9.17) is 26.0 Å². The number of nitrogens with zero attached hydrogens (tertiary/aromatic N) is 3. The van der Waals surface area contributed by atoms with Gasteiger partial charge in [0.1, 0.15) is 5.69 Å². The molecule has 0 fully saturated rings. The summed E-state index contributed by atoms with van der Waals surface area (Å²) in [5.74, 6) is 0. The van der Waals surface area contributed by atoms with Gasteiger partial charge in [0.25, 0.3) is 0 Å². The van der Waals surface area contributed by atoms with Crippen LogP contribution in [0.25, 0.3) is 5.65 Å². The van der Waals surface area contributed by atoms with Crippen LogP contribution in [0, 0.1) is 0 Å². The Kier molecular flexibility index (Phi) is 6.57. The van der Waals surface area contributed by atoms with Crippen molar-refractivity contribution in [3.8, 4) is 0 Å². The van der Waals surface area contributed by atoms with Gasteiger partial charge in [-0.05, 0) is 24.2 Å². The number of pyridine rings is 1. The van der Waals surface area contributed by atoms with Gasteiger partial charge in [-0.15, -0.1) is 0 Å². The van der Waals surface area contributed by atoms with Crippen molar-refractivity contribution >= 4 is 37.0 Å². The Hall–Kier alpha value is -2.73. The zero-order chi connectivity index (χ0) is 23.6. The summed E-state index contributed by atoms with van der Waals surface area (Å²) in [6, 6.07) is 22.2. The third-order valence-corrected chi connectivity index (χ3v) is 10.9. The Morgan fingerprint density at radius 1 is 0.970 bits per heavy atom. The summed E-state index contributed by atoms with van der Waals surface area (Å²) in [6.07, 6.45) is 3.85. The minimum absolute atomic E-state index is 0.144. The Bertz CT molecular complexity index is 1230. The highest BCUT2D eigenvalue weighted by Crippen LogP contribution is 2.37. The minimum Gasteiger partial charge on any atom is -0.411 e. The summed E-state index contributed by atoms with van der Waals surface area (Å²) in [5.41, 5.74) is 5.31. The molecule has 6 heteroatoms. The number of halogens is 1. The average Bonchev–Trinajstić information content (AvgIpc) is 3.19. The first-order valence-electron chi connectivity index (χ1n) is 11.1. The molecule has 0 unspecified atom stereocenters. The molecule has 0 spiro atoms. The van der Waals surface area contributed by atoms with E-state index in [2.05, 4.69) is 58.1 Å². The van der Waals surface area contributed by atoms with Crippen LogP contribution >= 0.6 is 11.6 Å². The van der Waals surface area contributed by atoms with Gasteiger partial charge in [0.2, 0.25) is 0 Å². The third kappa shape index (κ3) is 5.27. The summed E-state index contributed by atoms with van der Waals surface area (Å²) >= 11 is 6.48. The van der Waals surface area contributed by atoms with E-state index in [0.29, 0.717) is 11.6 Å². The molecule has 0 radical (unpaired) electrons. The highest BCUT2D eigenvalue weighted by molar-refractivity contribution is 6.74. The fourth-order valence-electron chi connectivity index (χ4n) is 3.33. The number of aliphatic imine (C=N–C) groups is 1. The van der Waals surface area contributed by atoms with Crippen LogP contribution in [0.15, 0.2) is 84.1 Å². The van der Waals surface area contributed by atoms with Gasteiger partial charge < -0.3 is 8.83 Å². The molecule has 0 saturated heterocycles. The lowest BCUT2D eigenvalue weighted by Crippen LogP contribution is -2.40. The molecule has 2 aromatic heterocycles. The standard InChI is InChI=1S/C27H30ClN3OSi/c1-27(2,3)33(4,5)32-19-23-18-31-17-22(28)16-24(26(31)29-23)30-25(20-12-8-6-9-13-20)21-14-10-7-11-15-21/h6-18H,19H2,1-5H3. The fourth-order valence-corrected chi connectivity index (χ4v) is 4.48. The zero-order valence-corrected chi connectivity index (χ0v) is 21.6. The molecule has 0 atom stereocenters. The molecule has 4 nitrogen and oxygen atoms in total. The van der Waals surface area contributed by atoms with Crippen LogP contribution in [0.2, 0.25) is 23.2 Å². The molecule has 0 aliphatic rings.